The van der Waals surface area contributed by atoms with Crippen molar-refractivity contribution in [1.82, 2.24) is 10.3 Å². The van der Waals surface area contributed by atoms with Crippen LogP contribution in [0.4, 0.5) is 15.6 Å². The first kappa shape index (κ1) is 19.9. The highest BCUT2D eigenvalue weighted by Gasteiger charge is 2.12. The number of nitrogens with one attached hydrogen (secondary N) is 3. The van der Waals surface area contributed by atoms with Gasteiger partial charge in [0, 0.05) is 34.1 Å². The molecule has 28 heavy (non-hydrogen) atoms. The number of carbonyl (C=O) groups is 2. The predicted octanol–water partition coefficient (Wildman–Crippen LogP) is 4.92. The Balaban J connectivity index is 1.48. The summed E-state index contributed by atoms with van der Waals surface area (Å²) < 4.78 is 0. The Hall–Kier alpha value is -2.90. The molecular weight excluding hydrogens is 396 g/mol. The first-order valence-electron chi connectivity index (χ1n) is 8.64. The average Bonchev–Trinajstić information content (AvgIpc) is 3.03. The maximum Gasteiger partial charge on any atom is 0.319 e. The number of halogens is 1. The Kier molecular flexibility index (Phi) is 6.62. The molecule has 0 saturated carbocycles. The summed E-state index contributed by atoms with van der Waals surface area (Å²) in [6.07, 6.45) is 0.150. The number of carbonyl (C=O) groups excluding carboxylic acids is 2. The number of thiazole rings is 1. The van der Waals surface area contributed by atoms with Crippen molar-refractivity contribution in [3.63, 3.8) is 0 Å². The minimum Gasteiger partial charge on any atom is -0.337 e. The van der Waals surface area contributed by atoms with Crippen LogP contribution in [0.25, 0.3) is 11.3 Å². The van der Waals surface area contributed by atoms with E-state index in [9.17, 15) is 9.59 Å². The Morgan fingerprint density at radius 1 is 1.04 bits per heavy atom. The number of aryl methyl sites for hydroxylation is 1. The fourth-order valence-corrected chi connectivity index (χ4v) is 3.47. The quantitative estimate of drug-likeness (QED) is 0.535. The number of benzene rings is 2. The van der Waals surface area contributed by atoms with E-state index in [4.69, 9.17) is 11.6 Å². The van der Waals surface area contributed by atoms with E-state index in [0.717, 1.165) is 16.1 Å². The van der Waals surface area contributed by atoms with Crippen LogP contribution in [-0.2, 0) is 4.79 Å². The van der Waals surface area contributed by atoms with Crippen molar-refractivity contribution < 1.29 is 9.59 Å². The van der Waals surface area contributed by atoms with Crippen LogP contribution in [0.3, 0.4) is 0 Å². The van der Waals surface area contributed by atoms with E-state index in [1.54, 1.807) is 24.3 Å². The molecule has 6 nitrogen and oxygen atoms in total. The molecule has 144 valence electrons. The number of rotatable bonds is 6. The molecule has 0 aliphatic heterocycles. The molecule has 0 aliphatic rings. The summed E-state index contributed by atoms with van der Waals surface area (Å²) in [6.45, 7) is 2.17. The fourth-order valence-electron chi connectivity index (χ4n) is 2.49. The Labute approximate surface area is 172 Å². The Morgan fingerprint density at radius 2 is 1.75 bits per heavy atom. The van der Waals surface area contributed by atoms with Gasteiger partial charge in [0.2, 0.25) is 5.91 Å². The summed E-state index contributed by atoms with van der Waals surface area (Å²) in [4.78, 5) is 29.4. The van der Waals surface area contributed by atoms with Gasteiger partial charge in [-0.2, -0.15) is 0 Å². The average molecular weight is 415 g/mol. The van der Waals surface area contributed by atoms with E-state index in [0.29, 0.717) is 15.8 Å². The van der Waals surface area contributed by atoms with Gasteiger partial charge in [-0.15, -0.1) is 11.3 Å². The third-order valence-electron chi connectivity index (χ3n) is 3.83. The van der Waals surface area contributed by atoms with Crippen molar-refractivity contribution in [2.24, 2.45) is 0 Å². The Bertz CT molecular complexity index is 958. The molecule has 0 unspecified atom stereocenters. The Morgan fingerprint density at radius 3 is 2.46 bits per heavy atom. The van der Waals surface area contributed by atoms with Crippen LogP contribution in [0.1, 0.15) is 11.3 Å². The second-order valence-electron chi connectivity index (χ2n) is 5.98. The number of aromatic nitrogens is 1. The number of urea groups is 1. The lowest BCUT2D eigenvalue weighted by Crippen LogP contribution is -2.31. The van der Waals surface area contributed by atoms with Crippen molar-refractivity contribution in [2.75, 3.05) is 17.2 Å². The number of nitrogens with zero attached hydrogens (tertiary/aromatic N) is 1. The molecule has 0 aliphatic carbocycles. The van der Waals surface area contributed by atoms with Crippen LogP contribution in [0.5, 0.6) is 0 Å². The zero-order chi connectivity index (χ0) is 19.9. The molecular formula is C20H19ClN4O2S. The molecule has 3 aromatic rings. The van der Waals surface area contributed by atoms with Crippen molar-refractivity contribution in [1.29, 1.82) is 0 Å². The smallest absolute Gasteiger partial charge is 0.319 e. The minimum atomic E-state index is -0.353. The minimum absolute atomic E-state index is 0.150. The van der Waals surface area contributed by atoms with Gasteiger partial charge in [-0.1, -0.05) is 41.9 Å². The van der Waals surface area contributed by atoms with Gasteiger partial charge >= 0.3 is 6.03 Å². The molecule has 3 N–H and O–H groups in total. The summed E-state index contributed by atoms with van der Waals surface area (Å²) in [5.74, 6) is -0.212. The highest BCUT2D eigenvalue weighted by Crippen LogP contribution is 2.31. The molecule has 0 fully saturated rings. The van der Waals surface area contributed by atoms with Gasteiger partial charge in [0.25, 0.3) is 0 Å². The zero-order valence-electron chi connectivity index (χ0n) is 15.2. The van der Waals surface area contributed by atoms with Crippen LogP contribution in [-0.4, -0.2) is 23.5 Å². The monoisotopic (exact) mass is 414 g/mol. The van der Waals surface area contributed by atoms with Gasteiger partial charge in [-0.25, -0.2) is 9.78 Å². The third-order valence-corrected chi connectivity index (χ3v) is 4.97. The van der Waals surface area contributed by atoms with Gasteiger partial charge in [0.05, 0.1) is 5.69 Å². The largest absolute Gasteiger partial charge is 0.337 e. The van der Waals surface area contributed by atoms with Crippen molar-refractivity contribution >= 4 is 45.7 Å². The molecule has 0 spiro atoms. The molecule has 0 saturated heterocycles. The number of hydrogen-bond donors (Lipinski definition) is 3. The molecule has 8 heteroatoms. The van der Waals surface area contributed by atoms with Crippen LogP contribution < -0.4 is 16.0 Å². The molecule has 1 aromatic heterocycles. The van der Waals surface area contributed by atoms with Gasteiger partial charge in [0.15, 0.2) is 5.13 Å². The molecule has 0 bridgehead atoms. The lowest BCUT2D eigenvalue weighted by atomic mass is 10.1. The highest BCUT2D eigenvalue weighted by atomic mass is 35.5. The third kappa shape index (κ3) is 5.55. The number of amides is 3. The first-order chi connectivity index (χ1) is 13.5. The molecule has 3 rings (SSSR count). The molecule has 0 radical (unpaired) electrons. The van der Waals surface area contributed by atoms with E-state index in [2.05, 4.69) is 20.9 Å². The SMILES string of the molecule is Cc1sc(NC(=O)CCNC(=O)Nc2ccccc2)nc1-c1ccc(Cl)cc1. The standard InChI is InChI=1S/C20H19ClN4O2S/c1-13-18(14-7-9-15(21)10-8-14)25-20(28-13)24-17(26)11-12-22-19(27)23-16-5-3-2-4-6-16/h2-10H,11-12H2,1H3,(H2,22,23,27)(H,24,25,26). The fraction of sp³-hybridized carbons (Fsp3) is 0.150. The zero-order valence-corrected chi connectivity index (χ0v) is 16.7. The summed E-state index contributed by atoms with van der Waals surface area (Å²) in [5, 5.41) is 9.32. The first-order valence-corrected chi connectivity index (χ1v) is 9.84. The van der Waals surface area contributed by atoms with Gasteiger partial charge in [0.1, 0.15) is 0 Å². The lowest BCUT2D eigenvalue weighted by molar-refractivity contribution is -0.116. The van der Waals surface area contributed by atoms with Crippen LogP contribution >= 0.6 is 22.9 Å². The number of para-hydroxylation sites is 1. The second kappa shape index (κ2) is 9.34. The topological polar surface area (TPSA) is 83.1 Å². The number of hydrogen-bond acceptors (Lipinski definition) is 4. The maximum absolute atomic E-state index is 12.1. The summed E-state index contributed by atoms with van der Waals surface area (Å²) >= 11 is 7.33. The van der Waals surface area contributed by atoms with Gasteiger partial charge in [-0.05, 0) is 31.2 Å². The van der Waals surface area contributed by atoms with E-state index in [-0.39, 0.29) is 24.9 Å². The molecule has 0 atom stereocenters. The van der Waals surface area contributed by atoms with Crippen molar-refractivity contribution in [2.45, 2.75) is 13.3 Å². The van der Waals surface area contributed by atoms with E-state index < -0.39 is 0 Å². The van der Waals surface area contributed by atoms with Crippen LogP contribution in [0.2, 0.25) is 5.02 Å². The number of anilines is 2. The lowest BCUT2D eigenvalue weighted by Gasteiger charge is -2.07. The summed E-state index contributed by atoms with van der Waals surface area (Å²) in [5.41, 5.74) is 2.45. The maximum atomic E-state index is 12.1. The van der Waals surface area contributed by atoms with Crippen LogP contribution in [0.15, 0.2) is 54.6 Å². The predicted molar refractivity (Wildman–Crippen MR) is 114 cm³/mol. The van der Waals surface area contributed by atoms with Crippen molar-refractivity contribution in [3.05, 3.63) is 64.5 Å². The van der Waals surface area contributed by atoms with Crippen molar-refractivity contribution in [3.8, 4) is 11.3 Å². The van der Waals surface area contributed by atoms with Gasteiger partial charge < -0.3 is 16.0 Å². The normalized spacial score (nSPS) is 10.4. The van der Waals surface area contributed by atoms with Crippen LogP contribution in [0, 0.1) is 6.92 Å². The van der Waals surface area contributed by atoms with E-state index in [1.165, 1.54) is 11.3 Å². The molecule has 1 heterocycles. The molecule has 3 amide bonds. The summed E-state index contributed by atoms with van der Waals surface area (Å²) in [6, 6.07) is 16.1. The second-order valence-corrected chi connectivity index (χ2v) is 7.62. The van der Waals surface area contributed by atoms with E-state index >= 15 is 0 Å². The summed E-state index contributed by atoms with van der Waals surface area (Å²) in [7, 11) is 0. The van der Waals surface area contributed by atoms with Gasteiger partial charge in [-0.3, -0.25) is 4.79 Å². The van der Waals surface area contributed by atoms with E-state index in [1.807, 2.05) is 37.3 Å². The molecule has 2 aromatic carbocycles. The highest BCUT2D eigenvalue weighted by molar-refractivity contribution is 7.16.